The molecule has 1 fully saturated rings. The third-order valence-corrected chi connectivity index (χ3v) is 5.60. The third-order valence-electron chi connectivity index (χ3n) is 4.02. The summed E-state index contributed by atoms with van der Waals surface area (Å²) in [6.45, 7) is 7.18. The Morgan fingerprint density at radius 3 is 2.33 bits per heavy atom. The molecular formula is C13H27ClN2OS. The fourth-order valence-electron chi connectivity index (χ4n) is 2.34. The highest BCUT2D eigenvalue weighted by atomic mass is 35.5. The van der Waals surface area contributed by atoms with Crippen LogP contribution in [0.4, 0.5) is 0 Å². The minimum Gasteiger partial charge on any atom is -0.354 e. The van der Waals surface area contributed by atoms with Crippen LogP contribution in [0.3, 0.4) is 0 Å². The fraction of sp³-hybridized carbons (Fsp3) is 0.923. The minimum absolute atomic E-state index is 0. The maximum absolute atomic E-state index is 12.0. The average Bonchev–Trinajstić information content (AvgIpc) is 2.41. The number of hydrogen-bond acceptors (Lipinski definition) is 3. The summed E-state index contributed by atoms with van der Waals surface area (Å²) in [5.41, 5.74) is 0. The number of rotatable bonds is 6. The van der Waals surface area contributed by atoms with E-state index >= 15 is 0 Å². The second kappa shape index (κ2) is 9.05. The number of nitrogens with one attached hydrogen (secondary N) is 2. The Labute approximate surface area is 122 Å². The summed E-state index contributed by atoms with van der Waals surface area (Å²) in [4.78, 5) is 12.0. The average molecular weight is 295 g/mol. The van der Waals surface area contributed by atoms with Gasteiger partial charge in [-0.15, -0.1) is 12.4 Å². The van der Waals surface area contributed by atoms with Gasteiger partial charge in [-0.05, 0) is 45.0 Å². The Morgan fingerprint density at radius 2 is 1.89 bits per heavy atom. The lowest BCUT2D eigenvalue weighted by Gasteiger charge is -2.31. The van der Waals surface area contributed by atoms with Crippen molar-refractivity contribution >= 4 is 30.1 Å². The predicted octanol–water partition coefficient (Wildman–Crippen LogP) is 2.45. The molecule has 0 saturated carbocycles. The van der Waals surface area contributed by atoms with Crippen LogP contribution >= 0.6 is 24.2 Å². The topological polar surface area (TPSA) is 41.1 Å². The van der Waals surface area contributed by atoms with Gasteiger partial charge in [0.25, 0.3) is 0 Å². The molecule has 0 atom stereocenters. The Kier molecular flexibility index (Phi) is 9.09. The van der Waals surface area contributed by atoms with Gasteiger partial charge in [-0.25, -0.2) is 0 Å². The number of piperidine rings is 1. The number of halogens is 1. The van der Waals surface area contributed by atoms with E-state index in [0.29, 0.717) is 0 Å². The van der Waals surface area contributed by atoms with Crippen molar-refractivity contribution in [2.75, 3.05) is 25.9 Å². The summed E-state index contributed by atoms with van der Waals surface area (Å²) in [5.74, 6) is 0.483. The molecule has 0 aliphatic carbocycles. The van der Waals surface area contributed by atoms with E-state index in [-0.39, 0.29) is 29.0 Å². The first-order valence-corrected chi connectivity index (χ1v) is 7.93. The summed E-state index contributed by atoms with van der Waals surface area (Å²) >= 11 is 1.88. The van der Waals surface area contributed by atoms with E-state index in [0.717, 1.165) is 45.3 Å². The van der Waals surface area contributed by atoms with Gasteiger partial charge in [-0.2, -0.15) is 11.8 Å². The molecule has 3 nitrogen and oxygen atoms in total. The van der Waals surface area contributed by atoms with Gasteiger partial charge in [0, 0.05) is 17.2 Å². The monoisotopic (exact) mass is 294 g/mol. The molecule has 1 saturated heterocycles. The molecule has 0 spiro atoms. The SMILES string of the molecule is CCC(CC)(CNC(=O)C1CCNCC1)SC.Cl. The van der Waals surface area contributed by atoms with Gasteiger partial charge >= 0.3 is 0 Å². The molecule has 5 heteroatoms. The van der Waals surface area contributed by atoms with E-state index in [1.54, 1.807) is 0 Å². The van der Waals surface area contributed by atoms with E-state index < -0.39 is 0 Å². The molecule has 1 rings (SSSR count). The van der Waals surface area contributed by atoms with Crippen LogP contribution in [0.25, 0.3) is 0 Å². The van der Waals surface area contributed by atoms with Crippen LogP contribution in [0.1, 0.15) is 39.5 Å². The second-order valence-electron chi connectivity index (χ2n) is 4.84. The van der Waals surface area contributed by atoms with Crippen molar-refractivity contribution in [3.05, 3.63) is 0 Å². The Bertz CT molecular complexity index is 233. The molecule has 1 heterocycles. The highest BCUT2D eigenvalue weighted by Crippen LogP contribution is 2.29. The molecule has 1 aliphatic rings. The molecule has 0 aromatic carbocycles. The van der Waals surface area contributed by atoms with Crippen molar-refractivity contribution in [1.29, 1.82) is 0 Å². The summed E-state index contributed by atoms with van der Waals surface area (Å²) in [6.07, 6.45) is 6.32. The first-order valence-electron chi connectivity index (χ1n) is 6.71. The van der Waals surface area contributed by atoms with Crippen molar-refractivity contribution in [3.8, 4) is 0 Å². The number of carbonyl (C=O) groups excluding carboxylic acids is 1. The lowest BCUT2D eigenvalue weighted by molar-refractivity contribution is -0.125. The molecule has 1 aliphatic heterocycles. The molecule has 18 heavy (non-hydrogen) atoms. The number of carbonyl (C=O) groups is 1. The molecule has 0 aromatic heterocycles. The summed E-state index contributed by atoms with van der Waals surface area (Å²) in [7, 11) is 0. The van der Waals surface area contributed by atoms with Gasteiger partial charge in [0.05, 0.1) is 0 Å². The Morgan fingerprint density at radius 1 is 1.33 bits per heavy atom. The number of amides is 1. The van der Waals surface area contributed by atoms with Gasteiger partial charge in [-0.1, -0.05) is 13.8 Å². The molecular weight excluding hydrogens is 268 g/mol. The van der Waals surface area contributed by atoms with Crippen LogP contribution in [0.5, 0.6) is 0 Å². The predicted molar refractivity (Wildman–Crippen MR) is 82.7 cm³/mol. The van der Waals surface area contributed by atoms with Crippen molar-refractivity contribution in [1.82, 2.24) is 10.6 Å². The summed E-state index contributed by atoms with van der Waals surface area (Å²) in [6, 6.07) is 0. The lowest BCUT2D eigenvalue weighted by Crippen LogP contribution is -2.44. The van der Waals surface area contributed by atoms with Crippen LogP contribution < -0.4 is 10.6 Å². The first-order chi connectivity index (χ1) is 8.17. The van der Waals surface area contributed by atoms with Crippen LogP contribution in [0.2, 0.25) is 0 Å². The quantitative estimate of drug-likeness (QED) is 0.791. The maximum Gasteiger partial charge on any atom is 0.223 e. The Hall–Kier alpha value is 0.0700. The molecule has 2 N–H and O–H groups in total. The summed E-state index contributed by atoms with van der Waals surface area (Å²) in [5, 5.41) is 6.45. The normalized spacial score (nSPS) is 17.1. The van der Waals surface area contributed by atoms with Gasteiger partial charge in [0.1, 0.15) is 0 Å². The molecule has 0 aromatic rings. The number of hydrogen-bond donors (Lipinski definition) is 2. The Balaban J connectivity index is 0.00000289. The van der Waals surface area contributed by atoms with Crippen LogP contribution in [0.15, 0.2) is 0 Å². The van der Waals surface area contributed by atoms with Gasteiger partial charge in [0.2, 0.25) is 5.91 Å². The maximum atomic E-state index is 12.0. The third kappa shape index (κ3) is 4.98. The van der Waals surface area contributed by atoms with Gasteiger partial charge < -0.3 is 10.6 Å². The second-order valence-corrected chi connectivity index (χ2v) is 6.11. The zero-order valence-corrected chi connectivity index (χ0v) is 13.4. The van der Waals surface area contributed by atoms with Crippen molar-refractivity contribution in [2.24, 2.45) is 5.92 Å². The van der Waals surface area contributed by atoms with Crippen molar-refractivity contribution in [3.63, 3.8) is 0 Å². The zero-order chi connectivity index (χ0) is 12.7. The van der Waals surface area contributed by atoms with Crippen molar-refractivity contribution < 1.29 is 4.79 Å². The van der Waals surface area contributed by atoms with Crippen LogP contribution in [0, 0.1) is 5.92 Å². The largest absolute Gasteiger partial charge is 0.354 e. The molecule has 1 amide bonds. The molecule has 0 radical (unpaired) electrons. The summed E-state index contributed by atoms with van der Waals surface area (Å²) < 4.78 is 0.225. The lowest BCUT2D eigenvalue weighted by atomic mass is 9.96. The van der Waals surface area contributed by atoms with Gasteiger partial charge in [0.15, 0.2) is 0 Å². The smallest absolute Gasteiger partial charge is 0.223 e. The number of thioether (sulfide) groups is 1. The van der Waals surface area contributed by atoms with E-state index in [2.05, 4.69) is 30.7 Å². The fourth-order valence-corrected chi connectivity index (χ4v) is 3.13. The van der Waals surface area contributed by atoms with E-state index in [4.69, 9.17) is 0 Å². The molecule has 0 bridgehead atoms. The van der Waals surface area contributed by atoms with Gasteiger partial charge in [-0.3, -0.25) is 4.79 Å². The van der Waals surface area contributed by atoms with E-state index in [1.165, 1.54) is 0 Å². The zero-order valence-electron chi connectivity index (χ0n) is 11.8. The molecule has 108 valence electrons. The molecule has 0 unspecified atom stereocenters. The first kappa shape index (κ1) is 18.1. The van der Waals surface area contributed by atoms with Crippen molar-refractivity contribution in [2.45, 2.75) is 44.3 Å². The highest BCUT2D eigenvalue weighted by Gasteiger charge is 2.27. The van der Waals surface area contributed by atoms with E-state index in [9.17, 15) is 4.79 Å². The highest BCUT2D eigenvalue weighted by molar-refractivity contribution is 8.00. The van der Waals surface area contributed by atoms with Crippen LogP contribution in [-0.2, 0) is 4.79 Å². The van der Waals surface area contributed by atoms with E-state index in [1.807, 2.05) is 11.8 Å². The minimum atomic E-state index is 0. The van der Waals surface area contributed by atoms with Crippen LogP contribution in [-0.4, -0.2) is 36.5 Å². The standard InChI is InChI=1S/C13H26N2OS.ClH/c1-4-13(5-2,17-3)10-15-12(16)11-6-8-14-9-7-11;/h11,14H,4-10H2,1-3H3,(H,15,16);1H.